The van der Waals surface area contributed by atoms with Crippen LogP contribution in [-0.2, 0) is 0 Å². The maximum atomic E-state index is 12.2. The molecule has 0 bridgehead atoms. The van der Waals surface area contributed by atoms with Gasteiger partial charge in [-0.3, -0.25) is 4.79 Å². The highest BCUT2D eigenvalue weighted by Gasteiger charge is 2.18. The maximum absolute atomic E-state index is 12.2. The van der Waals surface area contributed by atoms with Gasteiger partial charge in [0.2, 0.25) is 5.43 Å². The van der Waals surface area contributed by atoms with E-state index >= 15 is 0 Å². The highest BCUT2D eigenvalue weighted by atomic mass is 19.3. The molecule has 0 amide bonds. The van der Waals surface area contributed by atoms with Gasteiger partial charge in [-0.1, -0.05) is 0 Å². The number of hydrogen-bond donors (Lipinski definition) is 2. The molecule has 1 rings (SSSR count). The van der Waals surface area contributed by atoms with Gasteiger partial charge in [-0.15, -0.1) is 0 Å². The van der Waals surface area contributed by atoms with Gasteiger partial charge in [0.1, 0.15) is 17.3 Å². The van der Waals surface area contributed by atoms with Crippen LogP contribution in [-0.4, -0.2) is 4.98 Å². The number of H-pyrrole nitrogens is 1. The predicted octanol–water partition coefficient (Wildman–Crippen LogP) is 0.766. The lowest BCUT2D eigenvalue weighted by atomic mass is 10.2. The molecule has 0 spiro atoms. The smallest absolute Gasteiger partial charge is 0.270 e. The summed E-state index contributed by atoms with van der Waals surface area (Å²) in [5.74, 6) is 0. The molecule has 0 aliphatic heterocycles. The van der Waals surface area contributed by atoms with Crippen LogP contribution in [0.25, 0.3) is 0 Å². The van der Waals surface area contributed by atoms with E-state index in [0.717, 1.165) is 6.20 Å². The number of anilines is 1. The van der Waals surface area contributed by atoms with Crippen molar-refractivity contribution < 1.29 is 8.78 Å². The van der Waals surface area contributed by atoms with Crippen LogP contribution >= 0.6 is 0 Å². The summed E-state index contributed by atoms with van der Waals surface area (Å²) in [4.78, 5) is 13.2. The Morgan fingerprint density at radius 1 is 1.62 bits per heavy atom. The van der Waals surface area contributed by atoms with Crippen LogP contribution in [0.15, 0.2) is 11.0 Å². The van der Waals surface area contributed by atoms with Gasteiger partial charge in [-0.05, 0) is 0 Å². The molecule has 0 saturated carbocycles. The maximum Gasteiger partial charge on any atom is 0.270 e. The minimum atomic E-state index is -3.00. The Morgan fingerprint density at radius 2 is 2.23 bits per heavy atom. The zero-order valence-corrected chi connectivity index (χ0v) is 6.34. The van der Waals surface area contributed by atoms with Crippen molar-refractivity contribution in [2.45, 2.75) is 6.43 Å². The van der Waals surface area contributed by atoms with E-state index in [1.807, 2.05) is 0 Å². The van der Waals surface area contributed by atoms with E-state index in [4.69, 9.17) is 11.0 Å². The van der Waals surface area contributed by atoms with E-state index in [0.29, 0.717) is 0 Å². The van der Waals surface area contributed by atoms with E-state index in [-0.39, 0.29) is 5.69 Å². The van der Waals surface area contributed by atoms with Crippen molar-refractivity contribution in [1.29, 1.82) is 5.26 Å². The third-order valence-corrected chi connectivity index (χ3v) is 1.48. The van der Waals surface area contributed by atoms with Crippen molar-refractivity contribution in [2.24, 2.45) is 0 Å². The van der Waals surface area contributed by atoms with Crippen LogP contribution in [0.3, 0.4) is 0 Å². The molecule has 0 fully saturated rings. The Labute approximate surface area is 71.6 Å². The summed E-state index contributed by atoms with van der Waals surface area (Å²) < 4.78 is 24.5. The van der Waals surface area contributed by atoms with Gasteiger partial charge in [-0.2, -0.15) is 5.26 Å². The number of rotatable bonds is 1. The number of aromatic amines is 1. The summed E-state index contributed by atoms with van der Waals surface area (Å²) in [5.41, 5.74) is 2.45. The molecule has 0 saturated heterocycles. The molecule has 6 heteroatoms. The molecule has 0 atom stereocenters. The zero-order valence-electron chi connectivity index (χ0n) is 6.34. The first-order valence-corrected chi connectivity index (χ1v) is 3.27. The molecule has 3 N–H and O–H groups in total. The zero-order chi connectivity index (χ0) is 10.0. The number of nitrogens with one attached hydrogen (secondary N) is 1. The molecule has 0 aliphatic carbocycles. The van der Waals surface area contributed by atoms with Crippen molar-refractivity contribution in [1.82, 2.24) is 4.98 Å². The first-order valence-electron chi connectivity index (χ1n) is 3.27. The molecule has 68 valence electrons. The van der Waals surface area contributed by atoms with Gasteiger partial charge in [0, 0.05) is 6.20 Å². The van der Waals surface area contributed by atoms with Crippen LogP contribution < -0.4 is 11.2 Å². The van der Waals surface area contributed by atoms with Gasteiger partial charge >= 0.3 is 0 Å². The molecule has 1 aromatic heterocycles. The highest BCUT2D eigenvalue weighted by molar-refractivity contribution is 5.44. The molecule has 0 aliphatic rings. The van der Waals surface area contributed by atoms with Crippen LogP contribution in [0.5, 0.6) is 0 Å². The first kappa shape index (κ1) is 9.19. The summed E-state index contributed by atoms with van der Waals surface area (Å²) in [6.45, 7) is 0. The van der Waals surface area contributed by atoms with Gasteiger partial charge in [0.15, 0.2) is 0 Å². The van der Waals surface area contributed by atoms with Crippen molar-refractivity contribution in [3.63, 3.8) is 0 Å². The molecule has 0 aromatic carbocycles. The monoisotopic (exact) mass is 185 g/mol. The molecule has 0 radical (unpaired) electrons. The first-order chi connectivity index (χ1) is 6.07. The Bertz CT molecular complexity index is 419. The second-order valence-electron chi connectivity index (χ2n) is 2.27. The summed E-state index contributed by atoms with van der Waals surface area (Å²) in [5, 5.41) is 8.39. The lowest BCUT2D eigenvalue weighted by molar-refractivity contribution is 0.149. The molecular formula is C7H5F2N3O. The van der Waals surface area contributed by atoms with Crippen LogP contribution in [0, 0.1) is 11.3 Å². The number of nitrogen functional groups attached to an aromatic ring is 1. The number of hydrogen-bond acceptors (Lipinski definition) is 3. The van der Waals surface area contributed by atoms with Crippen LogP contribution in [0.2, 0.25) is 0 Å². The molecule has 0 unspecified atom stereocenters. The number of nitrogens with zero attached hydrogens (tertiary/aromatic N) is 1. The second kappa shape index (κ2) is 3.23. The third kappa shape index (κ3) is 1.49. The van der Waals surface area contributed by atoms with Crippen molar-refractivity contribution in [3.05, 3.63) is 27.7 Å². The Morgan fingerprint density at radius 3 is 2.69 bits per heavy atom. The number of aromatic nitrogens is 1. The van der Waals surface area contributed by atoms with E-state index in [2.05, 4.69) is 4.98 Å². The number of pyridine rings is 1. The van der Waals surface area contributed by atoms with E-state index in [1.54, 1.807) is 0 Å². The van der Waals surface area contributed by atoms with E-state index in [9.17, 15) is 13.6 Å². The van der Waals surface area contributed by atoms with E-state index in [1.165, 1.54) is 6.07 Å². The largest absolute Gasteiger partial charge is 0.394 e. The lowest BCUT2D eigenvalue weighted by Crippen LogP contribution is -2.16. The minimum Gasteiger partial charge on any atom is -0.394 e. The van der Waals surface area contributed by atoms with Gasteiger partial charge < -0.3 is 10.7 Å². The fourth-order valence-corrected chi connectivity index (χ4v) is 0.863. The third-order valence-electron chi connectivity index (χ3n) is 1.48. The SMILES string of the molecule is N#Cc1[nH]cc(N)c(=O)c1C(F)F. The molecule has 1 heterocycles. The predicted molar refractivity (Wildman–Crippen MR) is 41.1 cm³/mol. The average Bonchev–Trinajstić information content (AvgIpc) is 2.08. The van der Waals surface area contributed by atoms with Gasteiger partial charge in [0.05, 0.1) is 5.69 Å². The average molecular weight is 185 g/mol. The number of alkyl halides is 2. The molecular weight excluding hydrogens is 180 g/mol. The Kier molecular flexibility index (Phi) is 2.28. The fourth-order valence-electron chi connectivity index (χ4n) is 0.863. The highest BCUT2D eigenvalue weighted by Crippen LogP contribution is 2.17. The standard InChI is InChI=1S/C7H5F2N3O/c8-7(9)5-4(1-10)12-2-3(11)6(5)13/h2,7H,11H2,(H,12,13). The summed E-state index contributed by atoms with van der Waals surface area (Å²) in [6, 6.07) is 1.45. The van der Waals surface area contributed by atoms with Crippen molar-refractivity contribution in [2.75, 3.05) is 5.73 Å². The molecule has 4 nitrogen and oxygen atoms in total. The normalized spacial score (nSPS) is 10.0. The fraction of sp³-hybridized carbons (Fsp3) is 0.143. The topological polar surface area (TPSA) is 82.7 Å². The van der Waals surface area contributed by atoms with E-state index < -0.39 is 23.1 Å². The number of nitriles is 1. The van der Waals surface area contributed by atoms with Crippen LogP contribution in [0.4, 0.5) is 14.5 Å². The summed E-state index contributed by atoms with van der Waals surface area (Å²) in [6.07, 6.45) is -1.98. The lowest BCUT2D eigenvalue weighted by Gasteiger charge is -2.01. The van der Waals surface area contributed by atoms with Gasteiger partial charge in [0.25, 0.3) is 6.43 Å². The number of halogens is 2. The second-order valence-corrected chi connectivity index (χ2v) is 2.27. The Hall–Kier alpha value is -1.90. The molecule has 1 aromatic rings. The summed E-state index contributed by atoms with van der Waals surface area (Å²) in [7, 11) is 0. The van der Waals surface area contributed by atoms with Gasteiger partial charge in [-0.25, -0.2) is 8.78 Å². The summed E-state index contributed by atoms with van der Waals surface area (Å²) >= 11 is 0. The molecule has 13 heavy (non-hydrogen) atoms. The van der Waals surface area contributed by atoms with Crippen LogP contribution in [0.1, 0.15) is 17.7 Å². The Balaban J connectivity index is 3.53. The quantitative estimate of drug-likeness (QED) is 0.677. The minimum absolute atomic E-state index is 0.325. The van der Waals surface area contributed by atoms with Crippen molar-refractivity contribution in [3.8, 4) is 6.07 Å². The number of nitrogens with two attached hydrogens (primary N) is 1. The van der Waals surface area contributed by atoms with Crippen molar-refractivity contribution >= 4 is 5.69 Å².